The van der Waals surface area contributed by atoms with Gasteiger partial charge in [0.25, 0.3) is 0 Å². The number of aromatic nitrogens is 3. The van der Waals surface area contributed by atoms with Gasteiger partial charge in [0.05, 0.1) is 17.6 Å². The third kappa shape index (κ3) is 1.79. The lowest BCUT2D eigenvalue weighted by atomic mass is 10.1. The molecule has 0 radical (unpaired) electrons. The van der Waals surface area contributed by atoms with Crippen molar-refractivity contribution < 1.29 is 0 Å². The number of aromatic amines is 1. The zero-order valence-corrected chi connectivity index (χ0v) is 10.7. The fourth-order valence-electron chi connectivity index (χ4n) is 2.14. The molecule has 0 aliphatic carbocycles. The SMILES string of the molecule is c1ccc2c(c1)Nc1cc(-c3cn[nH]n3)ccc1S2. The molecule has 1 aromatic heterocycles. The molecular formula is C14H10N4S. The van der Waals surface area contributed by atoms with Crippen molar-refractivity contribution in [1.82, 2.24) is 15.4 Å². The Hall–Kier alpha value is -2.27. The van der Waals surface area contributed by atoms with Gasteiger partial charge in [-0.15, -0.1) is 0 Å². The van der Waals surface area contributed by atoms with Gasteiger partial charge in [0.1, 0.15) is 5.69 Å². The molecule has 0 fully saturated rings. The minimum Gasteiger partial charge on any atom is -0.354 e. The van der Waals surface area contributed by atoms with E-state index in [1.165, 1.54) is 9.79 Å². The van der Waals surface area contributed by atoms with Crippen molar-refractivity contribution in [2.45, 2.75) is 9.79 Å². The fraction of sp³-hybridized carbons (Fsp3) is 0. The van der Waals surface area contributed by atoms with Crippen LogP contribution in [0.25, 0.3) is 11.3 Å². The average molecular weight is 266 g/mol. The number of hydrogen-bond acceptors (Lipinski definition) is 4. The molecule has 2 heterocycles. The quantitative estimate of drug-likeness (QED) is 0.552. The van der Waals surface area contributed by atoms with Crippen LogP contribution < -0.4 is 5.32 Å². The van der Waals surface area contributed by atoms with Crippen LogP contribution in [0.5, 0.6) is 0 Å². The van der Waals surface area contributed by atoms with E-state index in [0.29, 0.717) is 0 Å². The molecule has 3 aromatic rings. The summed E-state index contributed by atoms with van der Waals surface area (Å²) in [4.78, 5) is 2.48. The first-order valence-corrected chi connectivity index (χ1v) is 6.76. The normalized spacial score (nSPS) is 12.4. The van der Waals surface area contributed by atoms with Gasteiger partial charge in [-0.3, -0.25) is 0 Å². The van der Waals surface area contributed by atoms with Crippen LogP contribution in [0.1, 0.15) is 0 Å². The molecule has 1 aliphatic heterocycles. The minimum atomic E-state index is 0.855. The molecule has 2 N–H and O–H groups in total. The van der Waals surface area contributed by atoms with Crippen molar-refractivity contribution in [3.05, 3.63) is 48.7 Å². The molecule has 5 heteroatoms. The predicted octanol–water partition coefficient (Wildman–Crippen LogP) is 3.68. The molecule has 92 valence electrons. The van der Waals surface area contributed by atoms with E-state index in [1.54, 1.807) is 18.0 Å². The van der Waals surface area contributed by atoms with Crippen LogP contribution in [-0.4, -0.2) is 15.4 Å². The van der Waals surface area contributed by atoms with E-state index in [2.05, 4.69) is 57.1 Å². The third-order valence-corrected chi connectivity index (χ3v) is 4.22. The molecule has 0 unspecified atom stereocenters. The van der Waals surface area contributed by atoms with Crippen molar-refractivity contribution in [1.29, 1.82) is 0 Å². The third-order valence-electron chi connectivity index (χ3n) is 3.07. The van der Waals surface area contributed by atoms with E-state index in [1.807, 2.05) is 6.07 Å². The summed E-state index contributed by atoms with van der Waals surface area (Å²) in [6.45, 7) is 0. The number of benzene rings is 2. The van der Waals surface area contributed by atoms with E-state index in [0.717, 1.165) is 22.6 Å². The lowest BCUT2D eigenvalue weighted by Crippen LogP contribution is -1.99. The van der Waals surface area contributed by atoms with E-state index < -0.39 is 0 Å². The van der Waals surface area contributed by atoms with Gasteiger partial charge in [0.2, 0.25) is 0 Å². The van der Waals surface area contributed by atoms with E-state index >= 15 is 0 Å². The highest BCUT2D eigenvalue weighted by molar-refractivity contribution is 7.99. The summed E-state index contributed by atoms with van der Waals surface area (Å²) in [6.07, 6.45) is 1.73. The summed E-state index contributed by atoms with van der Waals surface area (Å²) < 4.78 is 0. The largest absolute Gasteiger partial charge is 0.354 e. The Balaban J connectivity index is 1.78. The summed E-state index contributed by atoms with van der Waals surface area (Å²) in [6, 6.07) is 14.6. The summed E-state index contributed by atoms with van der Waals surface area (Å²) in [5, 5.41) is 14.1. The van der Waals surface area contributed by atoms with Gasteiger partial charge in [-0.25, -0.2) is 0 Å². The Morgan fingerprint density at radius 3 is 2.74 bits per heavy atom. The number of hydrogen-bond donors (Lipinski definition) is 2. The van der Waals surface area contributed by atoms with Crippen LogP contribution in [0, 0.1) is 0 Å². The fourth-order valence-corrected chi connectivity index (χ4v) is 3.11. The lowest BCUT2D eigenvalue weighted by Gasteiger charge is -2.20. The van der Waals surface area contributed by atoms with Crippen LogP contribution in [0.2, 0.25) is 0 Å². The zero-order valence-electron chi connectivity index (χ0n) is 9.92. The Morgan fingerprint density at radius 1 is 0.947 bits per heavy atom. The lowest BCUT2D eigenvalue weighted by molar-refractivity contribution is 0.942. The highest BCUT2D eigenvalue weighted by Gasteiger charge is 2.15. The van der Waals surface area contributed by atoms with E-state index in [4.69, 9.17) is 0 Å². The number of nitrogens with zero attached hydrogens (tertiary/aromatic N) is 2. The number of rotatable bonds is 1. The van der Waals surface area contributed by atoms with Crippen LogP contribution in [0.3, 0.4) is 0 Å². The van der Waals surface area contributed by atoms with Gasteiger partial charge < -0.3 is 5.32 Å². The number of para-hydroxylation sites is 1. The number of anilines is 2. The first kappa shape index (κ1) is 10.6. The Labute approximate surface area is 114 Å². The molecule has 2 aromatic carbocycles. The second kappa shape index (κ2) is 4.13. The van der Waals surface area contributed by atoms with Crippen LogP contribution in [-0.2, 0) is 0 Å². The summed E-state index contributed by atoms with van der Waals surface area (Å²) >= 11 is 1.78. The zero-order chi connectivity index (χ0) is 12.7. The molecule has 0 spiro atoms. The number of H-pyrrole nitrogens is 1. The topological polar surface area (TPSA) is 53.6 Å². The predicted molar refractivity (Wildman–Crippen MR) is 75.7 cm³/mol. The maximum atomic E-state index is 4.11. The molecule has 19 heavy (non-hydrogen) atoms. The monoisotopic (exact) mass is 266 g/mol. The standard InChI is InChI=1S/C14H10N4S/c1-2-4-13-10(3-1)16-11-7-9(5-6-14(11)19-13)12-8-15-18-17-12/h1-8,16H,(H,15,17,18). The van der Waals surface area contributed by atoms with Crippen molar-refractivity contribution in [3.63, 3.8) is 0 Å². The van der Waals surface area contributed by atoms with Crippen LogP contribution in [0.15, 0.2) is 58.5 Å². The van der Waals surface area contributed by atoms with Gasteiger partial charge in [0, 0.05) is 15.4 Å². The highest BCUT2D eigenvalue weighted by atomic mass is 32.2. The summed E-state index contributed by atoms with van der Waals surface area (Å²) in [7, 11) is 0. The van der Waals surface area contributed by atoms with Crippen molar-refractivity contribution >= 4 is 23.1 Å². The van der Waals surface area contributed by atoms with Gasteiger partial charge in [-0.05, 0) is 24.3 Å². The molecule has 4 rings (SSSR count). The summed E-state index contributed by atoms with van der Waals surface area (Å²) in [5.41, 5.74) is 4.18. The van der Waals surface area contributed by atoms with E-state index in [9.17, 15) is 0 Å². The second-order valence-electron chi connectivity index (χ2n) is 4.29. The van der Waals surface area contributed by atoms with Crippen molar-refractivity contribution in [2.24, 2.45) is 0 Å². The smallest absolute Gasteiger partial charge is 0.112 e. The first-order valence-electron chi connectivity index (χ1n) is 5.94. The first-order chi connectivity index (χ1) is 9.40. The number of nitrogens with one attached hydrogen (secondary N) is 2. The van der Waals surface area contributed by atoms with Crippen molar-refractivity contribution in [2.75, 3.05) is 5.32 Å². The summed E-state index contributed by atoms with van der Waals surface area (Å²) in [5.74, 6) is 0. The molecule has 0 bridgehead atoms. The molecule has 4 nitrogen and oxygen atoms in total. The molecule has 0 amide bonds. The van der Waals surface area contributed by atoms with Gasteiger partial charge in [-0.1, -0.05) is 30.0 Å². The maximum Gasteiger partial charge on any atom is 0.112 e. The Morgan fingerprint density at radius 2 is 1.84 bits per heavy atom. The molecule has 0 atom stereocenters. The molecule has 0 saturated heterocycles. The Kier molecular flexibility index (Phi) is 2.31. The molecular weight excluding hydrogens is 256 g/mol. The number of fused-ring (bicyclic) bond motifs is 2. The molecule has 0 saturated carbocycles. The van der Waals surface area contributed by atoms with Gasteiger partial charge >= 0.3 is 0 Å². The maximum absolute atomic E-state index is 4.11. The highest BCUT2D eigenvalue weighted by Crippen LogP contribution is 2.44. The molecule has 1 aliphatic rings. The van der Waals surface area contributed by atoms with E-state index in [-0.39, 0.29) is 0 Å². The minimum absolute atomic E-state index is 0.855. The van der Waals surface area contributed by atoms with Crippen molar-refractivity contribution in [3.8, 4) is 11.3 Å². The second-order valence-corrected chi connectivity index (χ2v) is 5.37. The van der Waals surface area contributed by atoms with Gasteiger partial charge in [0.15, 0.2) is 0 Å². The van der Waals surface area contributed by atoms with Crippen LogP contribution in [0.4, 0.5) is 11.4 Å². The van der Waals surface area contributed by atoms with Gasteiger partial charge in [-0.2, -0.15) is 15.4 Å². The average Bonchev–Trinajstić information content (AvgIpc) is 2.98. The Bertz CT molecular complexity index is 737. The van der Waals surface area contributed by atoms with Crippen LogP contribution >= 0.6 is 11.8 Å².